The van der Waals surface area contributed by atoms with Crippen LogP contribution in [0.2, 0.25) is 0 Å². The Kier molecular flexibility index (Phi) is 5.65. The summed E-state index contributed by atoms with van der Waals surface area (Å²) in [5.41, 5.74) is 2.08. The molecule has 1 aliphatic rings. The van der Waals surface area contributed by atoms with E-state index in [-0.39, 0.29) is 16.9 Å². The maximum absolute atomic E-state index is 12.8. The van der Waals surface area contributed by atoms with Crippen molar-refractivity contribution in [1.82, 2.24) is 20.1 Å². The predicted octanol–water partition coefficient (Wildman–Crippen LogP) is 2.70. The molecule has 1 unspecified atom stereocenters. The molecular formula is C21H30N4O2. The zero-order chi connectivity index (χ0) is 19.5. The Hall–Kier alpha value is -2.21. The molecule has 6 heteroatoms. The van der Waals surface area contributed by atoms with E-state index in [1.807, 2.05) is 11.6 Å². The smallest absolute Gasteiger partial charge is 0.220 e. The molecule has 1 aromatic carbocycles. The molecule has 0 bridgehead atoms. The van der Waals surface area contributed by atoms with Crippen LogP contribution in [0.15, 0.2) is 30.6 Å². The molecule has 6 nitrogen and oxygen atoms in total. The zero-order valence-corrected chi connectivity index (χ0v) is 16.8. The fraction of sp³-hybridized carbons (Fsp3) is 0.571. The molecule has 1 N–H and O–H groups in total. The lowest BCUT2D eigenvalue weighted by Crippen LogP contribution is -2.47. The molecule has 1 amide bonds. The Morgan fingerprint density at radius 1 is 1.33 bits per heavy atom. The van der Waals surface area contributed by atoms with Crippen molar-refractivity contribution in [2.24, 2.45) is 7.05 Å². The van der Waals surface area contributed by atoms with E-state index in [0.29, 0.717) is 26.0 Å². The lowest BCUT2D eigenvalue weighted by molar-refractivity contribution is -0.126. The molecule has 0 radical (unpaired) electrons. The third kappa shape index (κ3) is 4.56. The lowest BCUT2D eigenvalue weighted by atomic mass is 9.66. The number of amides is 1. The van der Waals surface area contributed by atoms with Gasteiger partial charge < -0.3 is 14.6 Å². The number of ether oxygens (including phenoxy) is 1. The summed E-state index contributed by atoms with van der Waals surface area (Å²) in [6, 6.07) is 8.42. The van der Waals surface area contributed by atoms with Crippen LogP contribution in [0, 0.1) is 6.92 Å². The summed E-state index contributed by atoms with van der Waals surface area (Å²) in [6.45, 7) is 7.60. The first-order chi connectivity index (χ1) is 12.8. The van der Waals surface area contributed by atoms with Gasteiger partial charge in [-0.05, 0) is 44.7 Å². The highest BCUT2D eigenvalue weighted by atomic mass is 16.5. The van der Waals surface area contributed by atoms with Gasteiger partial charge in [0, 0.05) is 38.5 Å². The molecule has 146 valence electrons. The van der Waals surface area contributed by atoms with E-state index >= 15 is 0 Å². The number of rotatable bonds is 6. The summed E-state index contributed by atoms with van der Waals surface area (Å²) in [7, 11) is 1.91. The predicted molar refractivity (Wildman–Crippen MR) is 104 cm³/mol. The van der Waals surface area contributed by atoms with Crippen LogP contribution in [0.5, 0.6) is 0 Å². The Labute approximate surface area is 161 Å². The number of nitrogens with zero attached hydrogens (tertiary/aromatic N) is 3. The third-order valence-corrected chi connectivity index (χ3v) is 5.53. The van der Waals surface area contributed by atoms with Crippen LogP contribution in [0.4, 0.5) is 0 Å². The van der Waals surface area contributed by atoms with Crippen molar-refractivity contribution in [3.63, 3.8) is 0 Å². The van der Waals surface area contributed by atoms with Crippen molar-refractivity contribution >= 4 is 5.91 Å². The number of aryl methyl sites for hydroxylation is 2. The van der Waals surface area contributed by atoms with Gasteiger partial charge in [-0.2, -0.15) is 0 Å². The van der Waals surface area contributed by atoms with Gasteiger partial charge in [0.2, 0.25) is 5.91 Å². The molecule has 1 aromatic heterocycles. The number of nitrogens with one attached hydrogen (secondary N) is 1. The van der Waals surface area contributed by atoms with E-state index in [1.54, 1.807) is 6.33 Å². The zero-order valence-electron chi connectivity index (χ0n) is 16.8. The molecule has 0 saturated carbocycles. The Morgan fingerprint density at radius 2 is 2.11 bits per heavy atom. The third-order valence-electron chi connectivity index (χ3n) is 5.53. The van der Waals surface area contributed by atoms with Gasteiger partial charge in [0.05, 0.1) is 5.60 Å². The Bertz CT molecular complexity index is 799. The molecule has 1 saturated heterocycles. The van der Waals surface area contributed by atoms with Gasteiger partial charge >= 0.3 is 0 Å². The first-order valence-electron chi connectivity index (χ1n) is 9.61. The van der Waals surface area contributed by atoms with Gasteiger partial charge in [0.1, 0.15) is 12.2 Å². The second-order valence-corrected chi connectivity index (χ2v) is 8.26. The van der Waals surface area contributed by atoms with Gasteiger partial charge in [0.15, 0.2) is 0 Å². The molecule has 2 aromatic rings. The minimum Gasteiger partial charge on any atom is -0.376 e. The highest BCUT2D eigenvalue weighted by Crippen LogP contribution is 2.45. The van der Waals surface area contributed by atoms with Crippen LogP contribution < -0.4 is 5.32 Å². The van der Waals surface area contributed by atoms with E-state index in [1.165, 1.54) is 11.1 Å². The standard InChI is InChI=1S/C21H30N4O2/c1-16-7-5-6-8-17(16)21(10-12-27-20(2,3)14-21)13-19(26)22-11-9-18-24-23-15-25(18)4/h5-8,15H,9-14H2,1-4H3,(H,22,26). The Morgan fingerprint density at radius 3 is 2.78 bits per heavy atom. The van der Waals surface area contributed by atoms with Crippen LogP contribution in [-0.2, 0) is 28.4 Å². The largest absolute Gasteiger partial charge is 0.376 e. The highest BCUT2D eigenvalue weighted by molar-refractivity contribution is 5.77. The van der Waals surface area contributed by atoms with Crippen molar-refractivity contribution in [3.05, 3.63) is 47.5 Å². The van der Waals surface area contributed by atoms with Crippen molar-refractivity contribution in [3.8, 4) is 0 Å². The van der Waals surface area contributed by atoms with Crippen LogP contribution in [-0.4, -0.2) is 39.4 Å². The topological polar surface area (TPSA) is 69.0 Å². The van der Waals surface area contributed by atoms with E-state index in [2.05, 4.69) is 60.6 Å². The van der Waals surface area contributed by atoms with Crippen molar-refractivity contribution in [1.29, 1.82) is 0 Å². The van der Waals surface area contributed by atoms with Crippen LogP contribution in [0.3, 0.4) is 0 Å². The van der Waals surface area contributed by atoms with Crippen molar-refractivity contribution in [2.45, 2.75) is 57.5 Å². The molecule has 0 aliphatic carbocycles. The summed E-state index contributed by atoms with van der Waals surface area (Å²) in [6.07, 6.45) is 4.52. The fourth-order valence-electron chi connectivity index (χ4n) is 4.34. The quantitative estimate of drug-likeness (QED) is 0.849. The summed E-state index contributed by atoms with van der Waals surface area (Å²) in [5, 5.41) is 11.0. The molecule has 1 atom stereocenters. The number of benzene rings is 1. The molecule has 2 heterocycles. The average molecular weight is 370 g/mol. The molecular weight excluding hydrogens is 340 g/mol. The number of hydrogen-bond acceptors (Lipinski definition) is 4. The molecule has 3 rings (SSSR count). The maximum Gasteiger partial charge on any atom is 0.220 e. The molecule has 1 aliphatic heterocycles. The van der Waals surface area contributed by atoms with Gasteiger partial charge in [0.25, 0.3) is 0 Å². The van der Waals surface area contributed by atoms with E-state index in [4.69, 9.17) is 4.74 Å². The number of hydrogen-bond donors (Lipinski definition) is 1. The van der Waals surface area contributed by atoms with Crippen molar-refractivity contribution in [2.75, 3.05) is 13.2 Å². The molecule has 0 spiro atoms. The molecule has 1 fully saturated rings. The maximum atomic E-state index is 12.8. The highest BCUT2D eigenvalue weighted by Gasteiger charge is 2.44. The second-order valence-electron chi connectivity index (χ2n) is 8.26. The minimum atomic E-state index is -0.237. The SMILES string of the molecule is Cc1ccccc1C1(CC(=O)NCCc2nncn2C)CCOC(C)(C)C1. The van der Waals surface area contributed by atoms with Crippen LogP contribution in [0.1, 0.15) is 50.1 Å². The summed E-state index contributed by atoms with van der Waals surface area (Å²) in [4.78, 5) is 12.8. The lowest BCUT2D eigenvalue weighted by Gasteiger charge is -2.45. The summed E-state index contributed by atoms with van der Waals surface area (Å²) in [5.74, 6) is 0.953. The number of carbonyl (C=O) groups is 1. The molecule has 27 heavy (non-hydrogen) atoms. The second kappa shape index (κ2) is 7.80. The monoisotopic (exact) mass is 370 g/mol. The first-order valence-corrected chi connectivity index (χ1v) is 9.61. The van der Waals surface area contributed by atoms with E-state index < -0.39 is 0 Å². The van der Waals surface area contributed by atoms with Gasteiger partial charge in [-0.3, -0.25) is 4.79 Å². The Balaban J connectivity index is 1.73. The number of carbonyl (C=O) groups excluding carboxylic acids is 1. The fourth-order valence-corrected chi connectivity index (χ4v) is 4.34. The van der Waals surface area contributed by atoms with Gasteiger partial charge in [-0.15, -0.1) is 10.2 Å². The van der Waals surface area contributed by atoms with Gasteiger partial charge in [-0.25, -0.2) is 0 Å². The normalized spacial score (nSPS) is 21.8. The van der Waals surface area contributed by atoms with E-state index in [0.717, 1.165) is 18.7 Å². The van der Waals surface area contributed by atoms with E-state index in [9.17, 15) is 4.79 Å². The van der Waals surface area contributed by atoms with Crippen molar-refractivity contribution < 1.29 is 9.53 Å². The van der Waals surface area contributed by atoms with Gasteiger partial charge in [-0.1, -0.05) is 24.3 Å². The summed E-state index contributed by atoms with van der Waals surface area (Å²) < 4.78 is 7.83. The minimum absolute atomic E-state index is 0.0816. The summed E-state index contributed by atoms with van der Waals surface area (Å²) >= 11 is 0. The number of aromatic nitrogens is 3. The first kappa shape index (κ1) is 19.5. The van der Waals surface area contributed by atoms with Crippen LogP contribution >= 0.6 is 0 Å². The average Bonchev–Trinajstić information content (AvgIpc) is 2.99. The van der Waals surface area contributed by atoms with Crippen LogP contribution in [0.25, 0.3) is 0 Å².